The van der Waals surface area contributed by atoms with E-state index >= 15 is 0 Å². The second kappa shape index (κ2) is 7.97. The van der Waals surface area contributed by atoms with Crippen LogP contribution >= 0.6 is 11.3 Å². The fourth-order valence-electron chi connectivity index (χ4n) is 3.28. The van der Waals surface area contributed by atoms with E-state index in [0.29, 0.717) is 20.7 Å². The van der Waals surface area contributed by atoms with Crippen molar-refractivity contribution in [2.75, 3.05) is 0 Å². The van der Waals surface area contributed by atoms with Crippen LogP contribution in [0.4, 0.5) is 0 Å². The van der Waals surface area contributed by atoms with Gasteiger partial charge in [0.15, 0.2) is 15.6 Å². The van der Waals surface area contributed by atoms with Crippen molar-refractivity contribution in [2.45, 2.75) is 24.0 Å². The third kappa shape index (κ3) is 3.96. The fourth-order valence-corrected chi connectivity index (χ4v) is 5.65. The lowest BCUT2D eigenvalue weighted by atomic mass is 10.1. The number of ketones is 1. The number of Topliss-reactive ketones (excluding diaryl/α,β-unsaturated/α-hetero) is 1. The molecule has 0 amide bonds. The van der Waals surface area contributed by atoms with Crippen LogP contribution in [0.25, 0.3) is 10.2 Å². The van der Waals surface area contributed by atoms with Gasteiger partial charge < -0.3 is 4.98 Å². The molecule has 30 heavy (non-hydrogen) atoms. The average Bonchev–Trinajstić information content (AvgIpc) is 3.06. The number of benzene rings is 2. The standard InChI is InChI=1S/C22H18N2O4S2/c1-14-19-21(26)23-18(13-30(27,28)16-10-6-3-7-11-16)24-22(19)29-20(14)17(25)12-15-8-4-2-5-9-15/h2-11H,12-13H2,1H3,(H,23,24,26). The first-order chi connectivity index (χ1) is 14.3. The van der Waals surface area contributed by atoms with Crippen molar-refractivity contribution in [3.05, 3.63) is 92.8 Å². The summed E-state index contributed by atoms with van der Waals surface area (Å²) >= 11 is 1.13. The molecule has 2 heterocycles. The number of sulfone groups is 1. The van der Waals surface area contributed by atoms with E-state index in [9.17, 15) is 18.0 Å². The quantitative estimate of drug-likeness (QED) is 0.463. The highest BCUT2D eigenvalue weighted by Gasteiger charge is 2.22. The van der Waals surface area contributed by atoms with Gasteiger partial charge in [-0.25, -0.2) is 13.4 Å². The maximum Gasteiger partial charge on any atom is 0.259 e. The number of hydrogen-bond acceptors (Lipinski definition) is 6. The summed E-state index contributed by atoms with van der Waals surface area (Å²) in [6.07, 6.45) is 0.224. The number of rotatable bonds is 6. The Bertz CT molecular complexity index is 1390. The zero-order valence-electron chi connectivity index (χ0n) is 16.1. The highest BCUT2D eigenvalue weighted by Crippen LogP contribution is 2.28. The summed E-state index contributed by atoms with van der Waals surface area (Å²) in [6, 6.07) is 17.4. The van der Waals surface area contributed by atoms with Gasteiger partial charge in [-0.15, -0.1) is 11.3 Å². The Morgan fingerprint density at radius 1 is 1.03 bits per heavy atom. The molecule has 0 fully saturated rings. The van der Waals surface area contributed by atoms with Crippen molar-refractivity contribution >= 4 is 37.2 Å². The molecule has 4 rings (SSSR count). The summed E-state index contributed by atoms with van der Waals surface area (Å²) in [7, 11) is -3.65. The molecule has 152 valence electrons. The summed E-state index contributed by atoms with van der Waals surface area (Å²) in [5.41, 5.74) is 1.02. The Labute approximate surface area is 177 Å². The van der Waals surface area contributed by atoms with Crippen molar-refractivity contribution < 1.29 is 13.2 Å². The van der Waals surface area contributed by atoms with Gasteiger partial charge in [0.05, 0.1) is 15.2 Å². The van der Waals surface area contributed by atoms with Crippen LogP contribution in [0.2, 0.25) is 0 Å². The SMILES string of the molecule is Cc1c(C(=O)Cc2ccccc2)sc2nc(CS(=O)(=O)c3ccccc3)[nH]c(=O)c12. The first-order valence-corrected chi connectivity index (χ1v) is 11.7. The van der Waals surface area contributed by atoms with Gasteiger partial charge in [-0.05, 0) is 30.2 Å². The van der Waals surface area contributed by atoms with E-state index in [2.05, 4.69) is 9.97 Å². The zero-order chi connectivity index (χ0) is 21.3. The number of aromatic amines is 1. The smallest absolute Gasteiger partial charge is 0.259 e. The van der Waals surface area contributed by atoms with E-state index in [1.165, 1.54) is 12.1 Å². The number of nitrogens with one attached hydrogen (secondary N) is 1. The number of H-pyrrole nitrogens is 1. The molecular weight excluding hydrogens is 420 g/mol. The third-order valence-corrected chi connectivity index (χ3v) is 7.61. The molecule has 1 N–H and O–H groups in total. The van der Waals surface area contributed by atoms with Gasteiger partial charge in [-0.3, -0.25) is 9.59 Å². The fraction of sp³-hybridized carbons (Fsp3) is 0.136. The summed E-state index contributed by atoms with van der Waals surface area (Å²) in [5.74, 6) is -0.467. The number of nitrogens with zero attached hydrogens (tertiary/aromatic N) is 1. The second-order valence-corrected chi connectivity index (χ2v) is 9.90. The molecule has 0 radical (unpaired) electrons. The first kappa shape index (κ1) is 20.2. The number of carbonyl (C=O) groups is 1. The van der Waals surface area contributed by atoms with Crippen molar-refractivity contribution in [1.29, 1.82) is 0 Å². The maximum atomic E-state index is 12.8. The van der Waals surface area contributed by atoms with Crippen LogP contribution in [0, 0.1) is 6.92 Å². The summed E-state index contributed by atoms with van der Waals surface area (Å²) in [6.45, 7) is 1.72. The van der Waals surface area contributed by atoms with Gasteiger partial charge in [0.25, 0.3) is 5.56 Å². The van der Waals surface area contributed by atoms with Crippen LogP contribution in [-0.4, -0.2) is 24.2 Å². The number of hydrogen-bond donors (Lipinski definition) is 1. The number of fused-ring (bicyclic) bond motifs is 1. The Hall–Kier alpha value is -3.10. The number of carbonyl (C=O) groups excluding carboxylic acids is 1. The lowest BCUT2D eigenvalue weighted by Gasteiger charge is -2.04. The van der Waals surface area contributed by atoms with E-state index in [1.54, 1.807) is 25.1 Å². The molecule has 0 saturated carbocycles. The lowest BCUT2D eigenvalue weighted by molar-refractivity contribution is 0.0996. The van der Waals surface area contributed by atoms with Crippen LogP contribution in [0.5, 0.6) is 0 Å². The predicted molar refractivity (Wildman–Crippen MR) is 117 cm³/mol. The molecule has 0 saturated heterocycles. The second-order valence-electron chi connectivity index (χ2n) is 6.91. The number of aryl methyl sites for hydroxylation is 1. The molecule has 0 aliphatic carbocycles. The molecule has 2 aromatic carbocycles. The van der Waals surface area contributed by atoms with Crippen molar-refractivity contribution in [2.24, 2.45) is 0 Å². The molecule has 6 nitrogen and oxygen atoms in total. The maximum absolute atomic E-state index is 12.8. The van der Waals surface area contributed by atoms with E-state index in [1.807, 2.05) is 30.3 Å². The Balaban J connectivity index is 1.69. The van der Waals surface area contributed by atoms with E-state index < -0.39 is 21.1 Å². The normalized spacial score (nSPS) is 11.6. The summed E-state index contributed by atoms with van der Waals surface area (Å²) < 4.78 is 25.2. The van der Waals surface area contributed by atoms with Crippen LogP contribution in [-0.2, 0) is 22.0 Å². The molecular formula is C22H18N2O4S2. The molecule has 0 spiro atoms. The largest absolute Gasteiger partial charge is 0.309 e. The minimum Gasteiger partial charge on any atom is -0.309 e. The molecule has 4 aromatic rings. The highest BCUT2D eigenvalue weighted by atomic mass is 32.2. The molecule has 2 aromatic heterocycles. The van der Waals surface area contributed by atoms with Gasteiger partial charge in [0.1, 0.15) is 16.4 Å². The predicted octanol–water partition coefficient (Wildman–Crippen LogP) is 3.69. The Morgan fingerprint density at radius 3 is 2.33 bits per heavy atom. The van der Waals surface area contributed by atoms with Gasteiger partial charge in [0, 0.05) is 6.42 Å². The molecule has 8 heteroatoms. The summed E-state index contributed by atoms with van der Waals surface area (Å²) in [5, 5.41) is 0.331. The van der Waals surface area contributed by atoms with Gasteiger partial charge in [-0.2, -0.15) is 0 Å². The lowest BCUT2D eigenvalue weighted by Crippen LogP contribution is -2.15. The van der Waals surface area contributed by atoms with E-state index in [0.717, 1.165) is 16.9 Å². The molecule has 0 bridgehead atoms. The van der Waals surface area contributed by atoms with Crippen LogP contribution in [0.3, 0.4) is 0 Å². The van der Waals surface area contributed by atoms with Crippen molar-refractivity contribution in [1.82, 2.24) is 9.97 Å². The molecule has 0 aliphatic rings. The van der Waals surface area contributed by atoms with Crippen LogP contribution in [0.15, 0.2) is 70.4 Å². The molecule has 0 aliphatic heterocycles. The topological polar surface area (TPSA) is 97.0 Å². The number of aromatic nitrogens is 2. The molecule has 0 unspecified atom stereocenters. The highest BCUT2D eigenvalue weighted by molar-refractivity contribution is 7.90. The minimum absolute atomic E-state index is 0.0552. The number of thiophene rings is 1. The van der Waals surface area contributed by atoms with Gasteiger partial charge in [-0.1, -0.05) is 48.5 Å². The first-order valence-electron chi connectivity index (χ1n) is 9.22. The monoisotopic (exact) mass is 438 g/mol. The van der Waals surface area contributed by atoms with Crippen LogP contribution < -0.4 is 5.56 Å². The Morgan fingerprint density at radius 2 is 1.67 bits per heavy atom. The van der Waals surface area contributed by atoms with Gasteiger partial charge in [0.2, 0.25) is 0 Å². The van der Waals surface area contributed by atoms with Crippen molar-refractivity contribution in [3.8, 4) is 0 Å². The van der Waals surface area contributed by atoms with Gasteiger partial charge >= 0.3 is 0 Å². The minimum atomic E-state index is -3.65. The Kier molecular flexibility index (Phi) is 5.36. The van der Waals surface area contributed by atoms with E-state index in [4.69, 9.17) is 0 Å². The van der Waals surface area contributed by atoms with Crippen LogP contribution in [0.1, 0.15) is 26.6 Å². The zero-order valence-corrected chi connectivity index (χ0v) is 17.7. The average molecular weight is 439 g/mol. The van der Waals surface area contributed by atoms with E-state index in [-0.39, 0.29) is 22.9 Å². The summed E-state index contributed by atoms with van der Waals surface area (Å²) in [4.78, 5) is 33.3. The third-order valence-electron chi connectivity index (χ3n) is 4.74. The molecule has 0 atom stereocenters. The van der Waals surface area contributed by atoms with Crippen molar-refractivity contribution in [3.63, 3.8) is 0 Å².